The van der Waals surface area contributed by atoms with Gasteiger partial charge in [-0.25, -0.2) is 18.0 Å². The lowest BCUT2D eigenvalue weighted by atomic mass is 10.4. The maximum atomic E-state index is 13.1. The zero-order chi connectivity index (χ0) is 13.9. The molecule has 0 fully saturated rings. The van der Waals surface area contributed by atoms with Gasteiger partial charge in [0.1, 0.15) is 18.5 Å². The van der Waals surface area contributed by atoms with Crippen molar-refractivity contribution in [2.24, 2.45) is 0 Å². The minimum Gasteiger partial charge on any atom is -0.220 e. The predicted octanol–water partition coefficient (Wildman–Crippen LogP) is 1.52. The first kappa shape index (κ1) is 16.9. The number of hydrogen-bond donors (Lipinski definition) is 1. The summed E-state index contributed by atoms with van der Waals surface area (Å²) in [6.45, 7) is 0. The third-order valence-corrected chi connectivity index (χ3v) is 3.83. The third-order valence-electron chi connectivity index (χ3n) is 1.46. The fourth-order valence-corrected chi connectivity index (χ4v) is 2.05. The Balaban J connectivity index is 4.87. The molecule has 0 radical (unpaired) electrons. The minimum absolute atomic E-state index is 0.122. The van der Waals surface area contributed by atoms with Gasteiger partial charge in [-0.1, -0.05) is 5.04 Å². The first-order valence-corrected chi connectivity index (χ1v) is 5.98. The Hall–Kier alpha value is -0.140. The van der Waals surface area contributed by atoms with Gasteiger partial charge in [-0.3, -0.25) is 0 Å². The summed E-state index contributed by atoms with van der Waals surface area (Å²) in [5, 5.41) is 1.43. The highest BCUT2D eigenvalue weighted by atomic mass is 32.2. The Labute approximate surface area is 98.6 Å². The van der Waals surface area contributed by atoms with Crippen LogP contribution in [0.25, 0.3) is 0 Å². The van der Waals surface area contributed by atoms with Crippen LogP contribution in [0.15, 0.2) is 0 Å². The van der Waals surface area contributed by atoms with E-state index < -0.39 is 39.0 Å². The lowest BCUT2D eigenvalue weighted by molar-refractivity contribution is -0.433. The molecule has 0 aliphatic rings. The van der Waals surface area contributed by atoms with Gasteiger partial charge < -0.3 is 0 Å². The first-order valence-electron chi connectivity index (χ1n) is 3.80. The summed E-state index contributed by atoms with van der Waals surface area (Å²) < 4.78 is 77.2. The average Bonchev–Trinajstić information content (AvgIpc) is 2.12. The monoisotopic (exact) mass is 303 g/mol. The Morgan fingerprint density at radius 1 is 1.29 bits per heavy atom. The van der Waals surface area contributed by atoms with Crippen LogP contribution in [0, 0.1) is 0 Å². The van der Waals surface area contributed by atoms with Crippen LogP contribution in [0.5, 0.6) is 0 Å². The van der Waals surface area contributed by atoms with Crippen molar-refractivity contribution in [1.82, 2.24) is 4.31 Å². The van der Waals surface area contributed by atoms with Gasteiger partial charge in [-0.2, -0.15) is 17.6 Å². The zero-order valence-electron chi connectivity index (χ0n) is 8.56. The third kappa shape index (κ3) is 4.56. The molecule has 6 nitrogen and oxygen atoms in total. The van der Waals surface area contributed by atoms with E-state index >= 15 is 0 Å². The zero-order valence-corrected chi connectivity index (χ0v) is 10.2. The van der Waals surface area contributed by atoms with Gasteiger partial charge in [-0.05, 0) is 0 Å². The summed E-state index contributed by atoms with van der Waals surface area (Å²) in [7, 11) is -3.63. The molecule has 104 valence electrons. The van der Waals surface area contributed by atoms with E-state index in [-0.39, 0.29) is 4.31 Å². The standard InChI is InChI=1S/C5H9F4NO5S2/c1-10(2)17(12,13)5(8,9)3-4(6,7)16-15-14-11/h11H,3H2,1-2H3. The van der Waals surface area contributed by atoms with E-state index in [1.807, 2.05) is 0 Å². The van der Waals surface area contributed by atoms with E-state index in [2.05, 4.69) is 9.37 Å². The molecule has 12 heteroatoms. The molecule has 0 amide bonds. The fraction of sp³-hybridized carbons (Fsp3) is 1.00. The van der Waals surface area contributed by atoms with Crippen molar-refractivity contribution in [2.45, 2.75) is 16.9 Å². The van der Waals surface area contributed by atoms with Crippen LogP contribution < -0.4 is 0 Å². The van der Waals surface area contributed by atoms with Crippen LogP contribution in [0.2, 0.25) is 0 Å². The van der Waals surface area contributed by atoms with Gasteiger partial charge in [0.2, 0.25) is 0 Å². The Bertz CT molecular complexity index is 346. The minimum atomic E-state index is -5.19. The van der Waals surface area contributed by atoms with Gasteiger partial charge in [0.05, 0.1) is 0 Å². The highest BCUT2D eigenvalue weighted by Crippen LogP contribution is 2.42. The fourth-order valence-electron chi connectivity index (χ4n) is 0.692. The quantitative estimate of drug-likeness (QED) is 0.333. The van der Waals surface area contributed by atoms with E-state index in [1.165, 1.54) is 0 Å². The van der Waals surface area contributed by atoms with Crippen LogP contribution in [0.1, 0.15) is 6.42 Å². The summed E-state index contributed by atoms with van der Waals surface area (Å²) in [6.07, 6.45) is -2.32. The van der Waals surface area contributed by atoms with Crippen molar-refractivity contribution < 1.29 is 40.6 Å². The molecule has 0 atom stereocenters. The molecule has 0 heterocycles. The van der Waals surface area contributed by atoms with Crippen LogP contribution in [-0.4, -0.2) is 42.6 Å². The second kappa shape index (κ2) is 5.67. The second-order valence-corrected chi connectivity index (χ2v) is 6.14. The van der Waals surface area contributed by atoms with E-state index in [4.69, 9.17) is 5.26 Å². The van der Waals surface area contributed by atoms with E-state index in [1.54, 1.807) is 0 Å². The van der Waals surface area contributed by atoms with Crippen LogP contribution in [-0.2, 0) is 19.4 Å². The van der Waals surface area contributed by atoms with Gasteiger partial charge in [0, 0.05) is 14.1 Å². The van der Waals surface area contributed by atoms with Crippen molar-refractivity contribution in [2.75, 3.05) is 14.1 Å². The molecule has 0 rings (SSSR count). The highest BCUT2D eigenvalue weighted by Gasteiger charge is 2.54. The summed E-state index contributed by atoms with van der Waals surface area (Å²) in [6, 6.07) is 0. The Kier molecular flexibility index (Phi) is 5.62. The number of hydrogen-bond acceptors (Lipinski definition) is 6. The van der Waals surface area contributed by atoms with Crippen molar-refractivity contribution >= 4 is 22.1 Å². The molecule has 17 heavy (non-hydrogen) atoms. The van der Waals surface area contributed by atoms with Crippen LogP contribution >= 0.6 is 12.0 Å². The summed E-state index contributed by atoms with van der Waals surface area (Å²) in [5.41, 5.74) is 0. The molecular weight excluding hydrogens is 294 g/mol. The van der Waals surface area contributed by atoms with E-state index in [0.29, 0.717) is 0 Å². The van der Waals surface area contributed by atoms with Gasteiger partial charge in [0.15, 0.2) is 0 Å². The summed E-state index contributed by atoms with van der Waals surface area (Å²) in [4.78, 5) is 0. The Morgan fingerprint density at radius 3 is 2.12 bits per heavy atom. The molecule has 0 unspecified atom stereocenters. The molecule has 0 aliphatic carbocycles. The maximum absolute atomic E-state index is 13.1. The van der Waals surface area contributed by atoms with Crippen molar-refractivity contribution in [3.63, 3.8) is 0 Å². The Morgan fingerprint density at radius 2 is 1.76 bits per heavy atom. The molecule has 0 aromatic carbocycles. The topological polar surface area (TPSA) is 76.1 Å². The molecule has 1 N–H and O–H groups in total. The van der Waals surface area contributed by atoms with Crippen molar-refractivity contribution in [3.8, 4) is 0 Å². The molecule has 0 bridgehead atoms. The first-order chi connectivity index (χ1) is 7.46. The van der Waals surface area contributed by atoms with Crippen molar-refractivity contribution in [1.29, 1.82) is 0 Å². The molecule has 0 aliphatic heterocycles. The highest BCUT2D eigenvalue weighted by molar-refractivity contribution is 7.95. The van der Waals surface area contributed by atoms with Gasteiger partial charge >= 0.3 is 10.5 Å². The summed E-state index contributed by atoms with van der Waals surface area (Å²) >= 11 is -0.935. The van der Waals surface area contributed by atoms with Crippen LogP contribution in [0.4, 0.5) is 17.6 Å². The number of sulfonamides is 1. The van der Waals surface area contributed by atoms with Crippen molar-refractivity contribution in [3.05, 3.63) is 0 Å². The van der Waals surface area contributed by atoms with Gasteiger partial charge in [0.25, 0.3) is 10.0 Å². The van der Waals surface area contributed by atoms with Crippen LogP contribution in [0.3, 0.4) is 0 Å². The molecular formula is C5H9F4NO5S2. The molecule has 0 spiro atoms. The maximum Gasteiger partial charge on any atom is 0.366 e. The number of nitrogens with zero attached hydrogens (tertiary/aromatic N) is 1. The molecule has 0 saturated carbocycles. The molecule has 0 saturated heterocycles. The largest absolute Gasteiger partial charge is 0.366 e. The number of halogens is 4. The molecule has 0 aromatic rings. The van der Waals surface area contributed by atoms with E-state index in [9.17, 15) is 26.0 Å². The van der Waals surface area contributed by atoms with E-state index in [0.717, 1.165) is 14.1 Å². The van der Waals surface area contributed by atoms with Gasteiger partial charge in [-0.15, -0.1) is 4.33 Å². The molecule has 0 aromatic heterocycles. The normalized spacial score (nSPS) is 14.4. The number of rotatable bonds is 7. The predicted molar refractivity (Wildman–Crippen MR) is 49.5 cm³/mol. The number of alkyl halides is 4. The summed E-state index contributed by atoms with van der Waals surface area (Å²) in [5.74, 6) is 0. The average molecular weight is 303 g/mol. The second-order valence-electron chi connectivity index (χ2n) is 2.96. The lowest BCUT2D eigenvalue weighted by Crippen LogP contribution is -2.42. The SMILES string of the molecule is CN(C)S(=O)(=O)C(F)(F)CC(F)(F)SOOO. The smallest absolute Gasteiger partial charge is 0.220 e. The lowest BCUT2D eigenvalue weighted by Gasteiger charge is -2.23.